The zero-order valence-electron chi connectivity index (χ0n) is 5.54. The van der Waals surface area contributed by atoms with Crippen LogP contribution in [0.4, 0.5) is 0 Å². The highest BCUT2D eigenvalue weighted by Crippen LogP contribution is 2.03. The van der Waals surface area contributed by atoms with Crippen LogP contribution in [0.3, 0.4) is 0 Å². The van der Waals surface area contributed by atoms with Gasteiger partial charge in [0, 0.05) is 24.2 Å². The zero-order chi connectivity index (χ0) is 6.69. The van der Waals surface area contributed by atoms with Crippen LogP contribution >= 0.6 is 12.6 Å². The van der Waals surface area contributed by atoms with Crippen molar-refractivity contribution in [2.45, 2.75) is 19.2 Å². The Hall–Kier alpha value is -0.370. The molecule has 1 aromatic heterocycles. The molecule has 0 bridgehead atoms. The Morgan fingerprint density at radius 3 is 2.89 bits per heavy atom. The fourth-order valence-corrected chi connectivity index (χ4v) is 1.19. The lowest BCUT2D eigenvalue weighted by Gasteiger charge is -2.00. The van der Waals surface area contributed by atoms with Crippen LogP contribution in [-0.4, -0.2) is 4.57 Å². The summed E-state index contributed by atoms with van der Waals surface area (Å²) in [5, 5.41) is 0. The topological polar surface area (TPSA) is 4.93 Å². The summed E-state index contributed by atoms with van der Waals surface area (Å²) in [6.45, 7) is 3.18. The number of rotatable bonds is 2. The van der Waals surface area contributed by atoms with Gasteiger partial charge in [0.15, 0.2) is 0 Å². The van der Waals surface area contributed by atoms with E-state index in [1.165, 1.54) is 5.69 Å². The fourth-order valence-electron chi connectivity index (χ4n) is 0.902. The summed E-state index contributed by atoms with van der Waals surface area (Å²) in [4.78, 5) is 0. The molecule has 0 radical (unpaired) electrons. The zero-order valence-corrected chi connectivity index (χ0v) is 6.44. The molecule has 0 saturated carbocycles. The summed E-state index contributed by atoms with van der Waals surface area (Å²) in [6, 6.07) is 4.14. The molecule has 1 rings (SSSR count). The lowest BCUT2D eigenvalue weighted by atomic mass is 10.5. The van der Waals surface area contributed by atoms with Crippen LogP contribution in [0.5, 0.6) is 0 Å². The number of nitrogens with zero attached hydrogens (tertiary/aromatic N) is 1. The third-order valence-corrected chi connectivity index (χ3v) is 1.75. The summed E-state index contributed by atoms with van der Waals surface area (Å²) >= 11 is 4.18. The van der Waals surface area contributed by atoms with Crippen LogP contribution in [0.1, 0.15) is 12.6 Å². The molecular formula is C7H11NS. The van der Waals surface area contributed by atoms with Gasteiger partial charge >= 0.3 is 0 Å². The van der Waals surface area contributed by atoms with Gasteiger partial charge in [0.1, 0.15) is 0 Å². The molecule has 1 nitrogen and oxygen atoms in total. The molecule has 0 aliphatic carbocycles. The van der Waals surface area contributed by atoms with Crippen molar-refractivity contribution in [1.82, 2.24) is 4.57 Å². The minimum Gasteiger partial charge on any atom is -0.351 e. The van der Waals surface area contributed by atoms with Gasteiger partial charge < -0.3 is 4.57 Å². The monoisotopic (exact) mass is 141 g/mol. The average Bonchev–Trinajstić information content (AvgIpc) is 2.33. The highest BCUT2D eigenvalue weighted by Gasteiger charge is 1.92. The van der Waals surface area contributed by atoms with E-state index >= 15 is 0 Å². The van der Waals surface area contributed by atoms with Gasteiger partial charge in [0.05, 0.1) is 0 Å². The largest absolute Gasteiger partial charge is 0.351 e. The molecule has 0 atom stereocenters. The summed E-state index contributed by atoms with van der Waals surface area (Å²) in [7, 11) is 0. The second kappa shape index (κ2) is 2.97. The van der Waals surface area contributed by atoms with Gasteiger partial charge in [-0.3, -0.25) is 0 Å². The minimum atomic E-state index is 0.834. The van der Waals surface area contributed by atoms with Gasteiger partial charge in [-0.05, 0) is 19.1 Å². The molecule has 0 amide bonds. The predicted molar refractivity (Wildman–Crippen MR) is 42.8 cm³/mol. The maximum Gasteiger partial charge on any atom is 0.0307 e. The summed E-state index contributed by atoms with van der Waals surface area (Å²) in [6.07, 6.45) is 2.07. The molecule has 9 heavy (non-hydrogen) atoms. The van der Waals surface area contributed by atoms with Crippen LogP contribution in [-0.2, 0) is 12.3 Å². The van der Waals surface area contributed by atoms with Crippen LogP contribution in [0.2, 0.25) is 0 Å². The molecule has 0 aliphatic rings. The van der Waals surface area contributed by atoms with E-state index in [2.05, 4.69) is 42.4 Å². The maximum atomic E-state index is 4.18. The first-order chi connectivity index (χ1) is 4.38. The first-order valence-corrected chi connectivity index (χ1v) is 3.76. The molecule has 1 aromatic rings. The van der Waals surface area contributed by atoms with E-state index in [0.29, 0.717) is 0 Å². The Morgan fingerprint density at radius 2 is 2.44 bits per heavy atom. The molecule has 1 heterocycles. The summed E-state index contributed by atoms with van der Waals surface area (Å²) < 4.78 is 2.19. The first-order valence-electron chi connectivity index (χ1n) is 3.13. The van der Waals surface area contributed by atoms with E-state index in [1.807, 2.05) is 0 Å². The quantitative estimate of drug-likeness (QED) is 0.601. The summed E-state index contributed by atoms with van der Waals surface area (Å²) in [5.74, 6) is 0.834. The molecule has 0 fully saturated rings. The summed E-state index contributed by atoms with van der Waals surface area (Å²) in [5.41, 5.74) is 1.29. The van der Waals surface area contributed by atoms with E-state index in [4.69, 9.17) is 0 Å². The van der Waals surface area contributed by atoms with E-state index in [1.54, 1.807) is 0 Å². The van der Waals surface area contributed by atoms with Crippen molar-refractivity contribution in [1.29, 1.82) is 0 Å². The first kappa shape index (κ1) is 6.75. The van der Waals surface area contributed by atoms with Crippen molar-refractivity contribution in [3.8, 4) is 0 Å². The molecule has 0 N–H and O–H groups in total. The third-order valence-electron chi connectivity index (χ3n) is 1.43. The fraction of sp³-hybridized carbons (Fsp3) is 0.429. The molecular weight excluding hydrogens is 130 g/mol. The van der Waals surface area contributed by atoms with Gasteiger partial charge in [-0.25, -0.2) is 0 Å². The maximum absolute atomic E-state index is 4.18. The normalized spacial score (nSPS) is 10.0. The SMILES string of the molecule is CCn1cccc1CS. The number of hydrogen-bond acceptors (Lipinski definition) is 1. The molecule has 50 valence electrons. The number of aromatic nitrogens is 1. The Kier molecular flexibility index (Phi) is 2.22. The number of aryl methyl sites for hydroxylation is 1. The van der Waals surface area contributed by atoms with E-state index in [9.17, 15) is 0 Å². The second-order valence-electron chi connectivity index (χ2n) is 1.94. The van der Waals surface area contributed by atoms with Crippen molar-refractivity contribution >= 4 is 12.6 Å². The van der Waals surface area contributed by atoms with Crippen molar-refractivity contribution in [2.24, 2.45) is 0 Å². The lowest BCUT2D eigenvalue weighted by Crippen LogP contribution is -1.95. The highest BCUT2D eigenvalue weighted by atomic mass is 32.1. The Bertz CT molecular complexity index is 162. The van der Waals surface area contributed by atoms with Gasteiger partial charge in [-0.1, -0.05) is 0 Å². The van der Waals surface area contributed by atoms with Crippen LogP contribution in [0, 0.1) is 0 Å². The van der Waals surface area contributed by atoms with Crippen molar-refractivity contribution in [3.63, 3.8) is 0 Å². The van der Waals surface area contributed by atoms with Gasteiger partial charge in [-0.2, -0.15) is 12.6 Å². The molecule has 0 spiro atoms. The average molecular weight is 141 g/mol. The van der Waals surface area contributed by atoms with Crippen molar-refractivity contribution in [3.05, 3.63) is 24.0 Å². The van der Waals surface area contributed by atoms with E-state index < -0.39 is 0 Å². The van der Waals surface area contributed by atoms with Crippen LogP contribution in [0.25, 0.3) is 0 Å². The smallest absolute Gasteiger partial charge is 0.0307 e. The van der Waals surface area contributed by atoms with Crippen molar-refractivity contribution in [2.75, 3.05) is 0 Å². The molecule has 2 heteroatoms. The number of thiol groups is 1. The van der Waals surface area contributed by atoms with Gasteiger partial charge in [0.25, 0.3) is 0 Å². The second-order valence-corrected chi connectivity index (χ2v) is 2.26. The lowest BCUT2D eigenvalue weighted by molar-refractivity contribution is 0.739. The third kappa shape index (κ3) is 1.30. The molecule has 0 unspecified atom stereocenters. The standard InChI is InChI=1S/C7H11NS/c1-2-8-5-3-4-7(8)6-9/h3-5,9H,2,6H2,1H3. The number of hydrogen-bond donors (Lipinski definition) is 1. The minimum absolute atomic E-state index is 0.834. The molecule has 0 aromatic carbocycles. The van der Waals surface area contributed by atoms with E-state index in [-0.39, 0.29) is 0 Å². The Balaban J connectivity index is 2.85. The van der Waals surface area contributed by atoms with Gasteiger partial charge in [-0.15, -0.1) is 0 Å². The Morgan fingerprint density at radius 1 is 1.67 bits per heavy atom. The van der Waals surface area contributed by atoms with Gasteiger partial charge in [0.2, 0.25) is 0 Å². The highest BCUT2D eigenvalue weighted by molar-refractivity contribution is 7.79. The van der Waals surface area contributed by atoms with E-state index in [0.717, 1.165) is 12.3 Å². The predicted octanol–water partition coefficient (Wildman–Crippen LogP) is 1.94. The van der Waals surface area contributed by atoms with Crippen LogP contribution < -0.4 is 0 Å². The van der Waals surface area contributed by atoms with Crippen molar-refractivity contribution < 1.29 is 0 Å². The Labute approximate surface area is 61.1 Å². The molecule has 0 saturated heterocycles. The van der Waals surface area contributed by atoms with Crippen LogP contribution in [0.15, 0.2) is 18.3 Å². The molecule has 0 aliphatic heterocycles.